The van der Waals surface area contributed by atoms with Crippen LogP contribution in [0.25, 0.3) is 44.2 Å². The molecule has 0 aliphatic rings. The van der Waals surface area contributed by atoms with Crippen LogP contribution in [0.4, 0.5) is 0 Å². The molecule has 0 N–H and O–H groups in total. The van der Waals surface area contributed by atoms with Gasteiger partial charge < -0.3 is 9.30 Å². The number of rotatable bonds is 7. The molecule has 8 rings (SSSR count). The molecule has 0 radical (unpaired) electrons. The second-order valence-corrected chi connectivity index (χ2v) is 12.7. The van der Waals surface area contributed by atoms with Gasteiger partial charge in [-0.3, -0.25) is 9.67 Å². The van der Waals surface area contributed by atoms with Crippen molar-refractivity contribution in [1.29, 1.82) is 0 Å². The zero-order valence-electron chi connectivity index (χ0n) is 27.5. The van der Waals surface area contributed by atoms with Gasteiger partial charge in [0.05, 0.1) is 17.5 Å². The molecule has 7 heteroatoms. The number of hydrogen-bond acceptors (Lipinski definition) is 3. The van der Waals surface area contributed by atoms with E-state index in [9.17, 15) is 0 Å². The Morgan fingerprint density at radius 2 is 1.49 bits per heavy atom. The number of hydrogen-bond donors (Lipinski definition) is 0. The van der Waals surface area contributed by atoms with Crippen molar-refractivity contribution in [2.45, 2.75) is 33.1 Å². The van der Waals surface area contributed by atoms with Crippen molar-refractivity contribution in [3.05, 3.63) is 162 Å². The first kappa shape index (κ1) is 34.4. The predicted molar refractivity (Wildman–Crippen MR) is 190 cm³/mol. The van der Waals surface area contributed by atoms with Gasteiger partial charge in [-0.25, -0.2) is 0 Å². The summed E-state index contributed by atoms with van der Waals surface area (Å²) < 4.78 is 10.5. The summed E-state index contributed by atoms with van der Waals surface area (Å²) in [6.07, 6.45) is 3.74. The summed E-state index contributed by atoms with van der Waals surface area (Å²) in [7, 11) is 0. The van der Waals surface area contributed by atoms with Crippen molar-refractivity contribution >= 4 is 32.7 Å². The van der Waals surface area contributed by atoms with E-state index in [1.54, 1.807) is 0 Å². The summed E-state index contributed by atoms with van der Waals surface area (Å²) in [5.41, 5.74) is 7.28. The van der Waals surface area contributed by atoms with E-state index in [4.69, 9.17) is 9.72 Å². The van der Waals surface area contributed by atoms with Crippen LogP contribution in [0.3, 0.4) is 0 Å². The SMILES string of the molecule is C[C-](C)c1ccnc(-n2c3[c-]c(Oc4[c-]c(-n5ncc6ccccc65)ccc4)ccc3c3cc(C(C)(C)c4ccccc4)ccc32)c1.[Pt+2].[Pt]. The maximum absolute atomic E-state index is 6.43. The number of para-hydroxylation sites is 1. The quantitative estimate of drug-likeness (QED) is 0.150. The van der Waals surface area contributed by atoms with E-state index < -0.39 is 0 Å². The van der Waals surface area contributed by atoms with E-state index in [-0.39, 0.29) is 47.5 Å². The van der Waals surface area contributed by atoms with Crippen LogP contribution in [-0.4, -0.2) is 19.3 Å². The van der Waals surface area contributed by atoms with E-state index in [0.29, 0.717) is 11.5 Å². The Hall–Kier alpha value is -4.43. The molecule has 248 valence electrons. The first-order valence-corrected chi connectivity index (χ1v) is 15.8. The van der Waals surface area contributed by atoms with Gasteiger partial charge in [-0.1, -0.05) is 93.9 Å². The molecule has 5 nitrogen and oxygen atoms in total. The minimum atomic E-state index is -0.177. The van der Waals surface area contributed by atoms with Crippen molar-refractivity contribution in [2.24, 2.45) is 0 Å². The molecule has 0 amide bonds. The molecule has 8 aromatic rings. The molecule has 0 aliphatic heterocycles. The molecule has 5 aromatic carbocycles. The van der Waals surface area contributed by atoms with E-state index in [1.807, 2.05) is 53.5 Å². The summed E-state index contributed by atoms with van der Waals surface area (Å²) in [5, 5.41) is 7.90. The van der Waals surface area contributed by atoms with Crippen molar-refractivity contribution in [1.82, 2.24) is 19.3 Å². The zero-order chi connectivity index (χ0) is 32.1. The van der Waals surface area contributed by atoms with Crippen LogP contribution in [0.1, 0.15) is 44.4 Å². The van der Waals surface area contributed by atoms with Crippen LogP contribution in [0.15, 0.2) is 128 Å². The zero-order valence-corrected chi connectivity index (χ0v) is 32.0. The van der Waals surface area contributed by atoms with Crippen LogP contribution in [-0.2, 0) is 47.5 Å². The maximum Gasteiger partial charge on any atom is 2.00 e. The molecular weight excluding hydrogens is 967 g/mol. The van der Waals surface area contributed by atoms with Crippen LogP contribution in [0.5, 0.6) is 11.5 Å². The van der Waals surface area contributed by atoms with Crippen molar-refractivity contribution in [3.8, 4) is 23.0 Å². The topological polar surface area (TPSA) is 44.9 Å². The normalized spacial score (nSPS) is 11.3. The molecule has 49 heavy (non-hydrogen) atoms. The molecule has 3 heterocycles. The summed E-state index contributed by atoms with van der Waals surface area (Å²) in [6.45, 7) is 8.81. The van der Waals surface area contributed by atoms with Crippen molar-refractivity contribution in [2.75, 3.05) is 0 Å². The molecule has 3 aromatic heterocycles. The Morgan fingerprint density at radius 3 is 2.31 bits per heavy atom. The number of benzene rings is 5. The summed E-state index contributed by atoms with van der Waals surface area (Å²) in [4.78, 5) is 4.83. The first-order valence-electron chi connectivity index (χ1n) is 15.8. The second kappa shape index (κ2) is 13.8. The number of pyridine rings is 1. The molecule has 0 saturated carbocycles. The third-order valence-corrected chi connectivity index (χ3v) is 9.10. The van der Waals surface area contributed by atoms with Gasteiger partial charge in [0, 0.05) is 48.9 Å². The Morgan fingerprint density at radius 1 is 0.714 bits per heavy atom. The van der Waals surface area contributed by atoms with E-state index in [0.717, 1.165) is 49.8 Å². The van der Waals surface area contributed by atoms with Gasteiger partial charge in [0.25, 0.3) is 0 Å². The van der Waals surface area contributed by atoms with Gasteiger partial charge in [-0.05, 0) is 40.5 Å². The summed E-state index contributed by atoms with van der Waals surface area (Å²) in [5.74, 6) is 3.25. The predicted octanol–water partition coefficient (Wildman–Crippen LogP) is 10.2. The van der Waals surface area contributed by atoms with Crippen LogP contribution < -0.4 is 4.74 Å². The fourth-order valence-corrected chi connectivity index (χ4v) is 6.39. The Labute approximate surface area is 315 Å². The number of aromatic nitrogens is 4. The molecule has 0 aliphatic carbocycles. The molecule has 0 atom stereocenters. The fourth-order valence-electron chi connectivity index (χ4n) is 6.39. The van der Waals surface area contributed by atoms with Gasteiger partial charge in [0.1, 0.15) is 0 Å². The van der Waals surface area contributed by atoms with Gasteiger partial charge in [0.2, 0.25) is 0 Å². The van der Waals surface area contributed by atoms with Crippen molar-refractivity contribution in [3.63, 3.8) is 0 Å². The maximum atomic E-state index is 6.43. The van der Waals surface area contributed by atoms with Gasteiger partial charge in [0.15, 0.2) is 0 Å². The standard InChI is InChI=1S/C42H33N4O.2Pt/c1-28(2)29-21-22-43-41(23-29)45-39-20-17-32(42(3,4)31-12-6-5-7-13-31)24-37(39)36-19-18-35(26-40(36)45)47-34-15-10-14-33(25-34)46-38-16-9-8-11-30(38)27-44-46;;/h5-24,27H,1-4H3;;/q-3;;+2. The number of nitrogens with zero attached hydrogens (tertiary/aromatic N) is 4. The number of fused-ring (bicyclic) bond motifs is 4. The van der Waals surface area contributed by atoms with Crippen LogP contribution in [0.2, 0.25) is 0 Å². The third-order valence-electron chi connectivity index (χ3n) is 9.10. The smallest absolute Gasteiger partial charge is 0.509 e. The third kappa shape index (κ3) is 6.27. The van der Waals surface area contributed by atoms with E-state index in [2.05, 4.69) is 128 Å². The fraction of sp³-hybridized carbons (Fsp3) is 0.119. The number of ether oxygens (including phenoxy) is 1. The molecule has 0 spiro atoms. The van der Waals surface area contributed by atoms with E-state index >= 15 is 0 Å². The van der Waals surface area contributed by atoms with Crippen LogP contribution in [0, 0.1) is 18.1 Å². The Bertz CT molecular complexity index is 2410. The average Bonchev–Trinajstić information content (AvgIpc) is 3.68. The summed E-state index contributed by atoms with van der Waals surface area (Å²) in [6, 6.07) is 46.8. The largest absolute Gasteiger partial charge is 2.00 e. The molecular formula is C42H33N4OPt2-. The molecule has 0 unspecified atom stereocenters. The first-order chi connectivity index (χ1) is 22.9. The van der Waals surface area contributed by atoms with Gasteiger partial charge in [-0.2, -0.15) is 28.7 Å². The molecule has 0 saturated heterocycles. The van der Waals surface area contributed by atoms with E-state index in [1.165, 1.54) is 17.0 Å². The monoisotopic (exact) mass is 999 g/mol. The van der Waals surface area contributed by atoms with Crippen LogP contribution >= 0.6 is 0 Å². The summed E-state index contributed by atoms with van der Waals surface area (Å²) >= 11 is 0. The average molecular weight is 1000 g/mol. The van der Waals surface area contributed by atoms with Gasteiger partial charge >= 0.3 is 21.1 Å². The minimum absolute atomic E-state index is 0. The second-order valence-electron chi connectivity index (χ2n) is 12.7. The minimum Gasteiger partial charge on any atom is -0.509 e. The van der Waals surface area contributed by atoms with Gasteiger partial charge in [-0.15, -0.1) is 47.9 Å². The Kier molecular flexibility index (Phi) is 9.71. The Balaban J connectivity index is 0.00000208. The van der Waals surface area contributed by atoms with Crippen molar-refractivity contribution < 1.29 is 46.9 Å². The molecule has 0 bridgehead atoms. The molecule has 0 fully saturated rings.